The van der Waals surface area contributed by atoms with Crippen LogP contribution < -0.4 is 5.32 Å². The third kappa shape index (κ3) is 4.98. The highest BCUT2D eigenvalue weighted by atomic mass is 19.1. The van der Waals surface area contributed by atoms with Gasteiger partial charge in [-0.15, -0.1) is 0 Å². The van der Waals surface area contributed by atoms with E-state index in [9.17, 15) is 8.78 Å². The number of halogens is 2. The molecule has 0 atom stereocenters. The first-order valence-electron chi connectivity index (χ1n) is 6.10. The molecule has 0 saturated carbocycles. The van der Waals surface area contributed by atoms with Gasteiger partial charge in [-0.05, 0) is 24.1 Å². The quantitative estimate of drug-likeness (QED) is 0.705. The van der Waals surface area contributed by atoms with Gasteiger partial charge in [-0.25, -0.2) is 8.78 Å². The summed E-state index contributed by atoms with van der Waals surface area (Å²) in [5, 5.41) is 11.9. The lowest BCUT2D eigenvalue weighted by Crippen LogP contribution is -2.19. The van der Waals surface area contributed by atoms with Gasteiger partial charge in [-0.1, -0.05) is 13.3 Å². The Morgan fingerprint density at radius 2 is 1.89 bits per heavy atom. The number of phenolic OH excluding ortho intramolecular Hbond substituents is 1. The normalized spacial score (nSPS) is 10.8. The molecule has 0 amide bonds. The number of hydrogen-bond donors (Lipinski definition) is 2. The minimum absolute atomic E-state index is 0.339. The zero-order valence-corrected chi connectivity index (χ0v) is 10.5. The lowest BCUT2D eigenvalue weighted by molar-refractivity contribution is 0.133. The van der Waals surface area contributed by atoms with Crippen molar-refractivity contribution in [3.63, 3.8) is 0 Å². The van der Waals surface area contributed by atoms with Gasteiger partial charge in [0.1, 0.15) is 0 Å². The molecule has 0 radical (unpaired) electrons. The Balaban J connectivity index is 2.23. The first-order valence-corrected chi connectivity index (χ1v) is 6.10. The average Bonchev–Trinajstić information content (AvgIpc) is 2.34. The maximum absolute atomic E-state index is 13.0. The van der Waals surface area contributed by atoms with Gasteiger partial charge in [-0.2, -0.15) is 0 Å². The minimum atomic E-state index is -0.939. The summed E-state index contributed by atoms with van der Waals surface area (Å²) in [4.78, 5) is 0. The molecule has 1 aromatic rings. The van der Waals surface area contributed by atoms with Gasteiger partial charge < -0.3 is 15.2 Å². The second-order valence-electron chi connectivity index (χ2n) is 4.05. The topological polar surface area (TPSA) is 41.5 Å². The molecule has 2 N–H and O–H groups in total. The molecule has 102 valence electrons. The zero-order valence-electron chi connectivity index (χ0n) is 10.5. The van der Waals surface area contributed by atoms with Crippen LogP contribution in [0.5, 0.6) is 5.75 Å². The number of rotatable bonds is 8. The third-order valence-electron chi connectivity index (χ3n) is 2.47. The van der Waals surface area contributed by atoms with Crippen molar-refractivity contribution in [3.8, 4) is 5.75 Å². The average molecular weight is 259 g/mol. The second-order valence-corrected chi connectivity index (χ2v) is 4.05. The van der Waals surface area contributed by atoms with Gasteiger partial charge in [0.05, 0.1) is 6.61 Å². The second kappa shape index (κ2) is 8.00. The molecule has 0 spiro atoms. The van der Waals surface area contributed by atoms with Crippen LogP contribution in [0.25, 0.3) is 0 Å². The Morgan fingerprint density at radius 3 is 2.50 bits per heavy atom. The zero-order chi connectivity index (χ0) is 13.4. The summed E-state index contributed by atoms with van der Waals surface area (Å²) >= 11 is 0. The number of nitrogens with one attached hydrogen (secondary N) is 1. The summed E-state index contributed by atoms with van der Waals surface area (Å²) in [5.41, 5.74) is 0.455. The summed E-state index contributed by atoms with van der Waals surface area (Å²) in [6.07, 6.45) is 2.13. The Morgan fingerprint density at radius 1 is 1.22 bits per heavy atom. The summed E-state index contributed by atoms with van der Waals surface area (Å²) in [6, 6.07) is 2.23. The van der Waals surface area contributed by atoms with Gasteiger partial charge in [0.2, 0.25) is 0 Å². The van der Waals surface area contributed by atoms with Crippen LogP contribution in [0, 0.1) is 11.6 Å². The number of aromatic hydroxyl groups is 1. The van der Waals surface area contributed by atoms with Gasteiger partial charge >= 0.3 is 0 Å². The summed E-state index contributed by atoms with van der Waals surface area (Å²) < 4.78 is 31.4. The van der Waals surface area contributed by atoms with Crippen LogP contribution >= 0.6 is 0 Å². The predicted octanol–water partition coefficient (Wildman–Crippen LogP) is 2.58. The Kier molecular flexibility index (Phi) is 6.60. The van der Waals surface area contributed by atoms with E-state index in [2.05, 4.69) is 12.2 Å². The van der Waals surface area contributed by atoms with Crippen molar-refractivity contribution in [2.75, 3.05) is 19.8 Å². The van der Waals surface area contributed by atoms with E-state index in [0.29, 0.717) is 25.3 Å². The first-order chi connectivity index (χ1) is 8.65. The molecule has 1 aromatic carbocycles. The van der Waals surface area contributed by atoms with E-state index in [1.165, 1.54) is 0 Å². The fourth-order valence-electron chi connectivity index (χ4n) is 1.45. The van der Waals surface area contributed by atoms with Crippen molar-refractivity contribution in [2.45, 2.75) is 26.3 Å². The number of hydrogen-bond acceptors (Lipinski definition) is 3. The molecule has 3 nitrogen and oxygen atoms in total. The minimum Gasteiger partial charge on any atom is -0.503 e. The molecule has 18 heavy (non-hydrogen) atoms. The van der Waals surface area contributed by atoms with E-state index < -0.39 is 17.4 Å². The predicted molar refractivity (Wildman–Crippen MR) is 65.5 cm³/mol. The van der Waals surface area contributed by atoms with Crippen LogP contribution in [0.3, 0.4) is 0 Å². The fourth-order valence-corrected chi connectivity index (χ4v) is 1.45. The van der Waals surface area contributed by atoms with E-state index in [4.69, 9.17) is 9.84 Å². The molecule has 1 rings (SSSR count). The van der Waals surface area contributed by atoms with E-state index in [1.54, 1.807) is 0 Å². The maximum atomic E-state index is 13.0. The van der Waals surface area contributed by atoms with Crippen LogP contribution in [0.1, 0.15) is 25.3 Å². The summed E-state index contributed by atoms with van der Waals surface area (Å²) in [6.45, 7) is 4.36. The number of benzene rings is 1. The molecule has 0 fully saturated rings. The molecule has 0 heterocycles. The van der Waals surface area contributed by atoms with Crippen molar-refractivity contribution < 1.29 is 18.6 Å². The van der Waals surface area contributed by atoms with E-state index in [-0.39, 0.29) is 0 Å². The number of unbranched alkanes of at least 4 members (excludes halogenated alkanes) is 1. The van der Waals surface area contributed by atoms with Gasteiger partial charge in [0, 0.05) is 19.7 Å². The van der Waals surface area contributed by atoms with Crippen LogP contribution in [-0.4, -0.2) is 24.9 Å². The van der Waals surface area contributed by atoms with Crippen LogP contribution in [0.15, 0.2) is 12.1 Å². The van der Waals surface area contributed by atoms with Crippen molar-refractivity contribution >= 4 is 0 Å². The third-order valence-corrected chi connectivity index (χ3v) is 2.47. The highest BCUT2D eigenvalue weighted by Crippen LogP contribution is 2.21. The first kappa shape index (κ1) is 14.9. The Labute approximate surface area is 106 Å². The lowest BCUT2D eigenvalue weighted by Gasteiger charge is -2.07. The standard InChI is InChI=1S/C13H19F2NO2/c1-2-3-5-18-6-4-16-9-10-7-11(14)13(17)12(15)8-10/h7-8,16-17H,2-6,9H2,1H3. The molecule has 0 aliphatic heterocycles. The van der Waals surface area contributed by atoms with Crippen molar-refractivity contribution in [2.24, 2.45) is 0 Å². The fraction of sp³-hybridized carbons (Fsp3) is 0.538. The van der Waals surface area contributed by atoms with Gasteiger partial charge in [0.15, 0.2) is 17.4 Å². The molecule has 0 aliphatic carbocycles. The molecule has 0 bridgehead atoms. The number of ether oxygens (including phenoxy) is 1. The summed E-state index contributed by atoms with van der Waals surface area (Å²) in [5.74, 6) is -2.81. The van der Waals surface area contributed by atoms with Gasteiger partial charge in [0.25, 0.3) is 0 Å². The molecule has 0 aliphatic rings. The number of phenols is 1. The SMILES string of the molecule is CCCCOCCNCc1cc(F)c(O)c(F)c1. The van der Waals surface area contributed by atoms with Crippen LogP contribution in [0.2, 0.25) is 0 Å². The molecular weight excluding hydrogens is 240 g/mol. The summed E-state index contributed by atoms with van der Waals surface area (Å²) in [7, 11) is 0. The molecule has 0 unspecified atom stereocenters. The Hall–Kier alpha value is -1.20. The van der Waals surface area contributed by atoms with Crippen molar-refractivity contribution in [1.82, 2.24) is 5.32 Å². The molecule has 5 heteroatoms. The van der Waals surface area contributed by atoms with Crippen molar-refractivity contribution in [3.05, 3.63) is 29.3 Å². The van der Waals surface area contributed by atoms with E-state index in [1.807, 2.05) is 0 Å². The highest BCUT2D eigenvalue weighted by molar-refractivity contribution is 5.29. The largest absolute Gasteiger partial charge is 0.503 e. The highest BCUT2D eigenvalue weighted by Gasteiger charge is 2.08. The van der Waals surface area contributed by atoms with E-state index >= 15 is 0 Å². The molecule has 0 aromatic heterocycles. The lowest BCUT2D eigenvalue weighted by atomic mass is 10.2. The smallest absolute Gasteiger partial charge is 0.187 e. The van der Waals surface area contributed by atoms with Crippen LogP contribution in [0.4, 0.5) is 8.78 Å². The Bertz CT molecular complexity index is 349. The van der Waals surface area contributed by atoms with Gasteiger partial charge in [-0.3, -0.25) is 0 Å². The molecule has 0 saturated heterocycles. The van der Waals surface area contributed by atoms with E-state index in [0.717, 1.165) is 31.6 Å². The monoisotopic (exact) mass is 259 g/mol. The maximum Gasteiger partial charge on any atom is 0.187 e. The van der Waals surface area contributed by atoms with Crippen molar-refractivity contribution in [1.29, 1.82) is 0 Å². The molecular formula is C13H19F2NO2. The van der Waals surface area contributed by atoms with Crippen LogP contribution in [-0.2, 0) is 11.3 Å².